The van der Waals surface area contributed by atoms with E-state index in [-0.39, 0.29) is 0 Å². The van der Waals surface area contributed by atoms with Crippen LogP contribution in [-0.4, -0.2) is 31.1 Å². The van der Waals surface area contributed by atoms with Crippen LogP contribution < -0.4 is 5.73 Å². The van der Waals surface area contributed by atoms with Gasteiger partial charge in [-0.2, -0.15) is 0 Å². The first kappa shape index (κ1) is 10.9. The van der Waals surface area contributed by atoms with Crippen LogP contribution in [0, 0.1) is 0 Å². The topological polar surface area (TPSA) is 29.3 Å². The molecule has 2 heteroatoms. The molecule has 0 saturated carbocycles. The van der Waals surface area contributed by atoms with Crippen molar-refractivity contribution < 1.29 is 0 Å². The van der Waals surface area contributed by atoms with Gasteiger partial charge in [0, 0.05) is 6.04 Å². The van der Waals surface area contributed by atoms with Gasteiger partial charge in [-0.05, 0) is 39.9 Å². The summed E-state index contributed by atoms with van der Waals surface area (Å²) < 4.78 is 0. The lowest BCUT2D eigenvalue weighted by Gasteiger charge is -2.23. The molecule has 2 nitrogen and oxygen atoms in total. The molecule has 0 radical (unpaired) electrons. The molecule has 0 aliphatic heterocycles. The Morgan fingerprint density at radius 3 is 2.55 bits per heavy atom. The summed E-state index contributed by atoms with van der Waals surface area (Å²) in [6.07, 6.45) is 3.69. The van der Waals surface area contributed by atoms with Gasteiger partial charge >= 0.3 is 0 Å². The monoisotopic (exact) mass is 158 g/mol. The third-order valence-corrected chi connectivity index (χ3v) is 2.20. The zero-order valence-corrected chi connectivity index (χ0v) is 8.14. The predicted octanol–water partition coefficient (Wildman–Crippen LogP) is 1.46. The van der Waals surface area contributed by atoms with Crippen molar-refractivity contribution in [3.05, 3.63) is 0 Å². The third-order valence-electron chi connectivity index (χ3n) is 2.20. The first-order chi connectivity index (χ1) is 5.22. The van der Waals surface area contributed by atoms with Gasteiger partial charge in [0.2, 0.25) is 0 Å². The zero-order valence-electron chi connectivity index (χ0n) is 8.14. The Balaban J connectivity index is 3.38. The molecule has 0 aromatic rings. The van der Waals surface area contributed by atoms with E-state index in [9.17, 15) is 0 Å². The number of hydrogen-bond acceptors (Lipinski definition) is 2. The molecule has 0 aliphatic carbocycles. The molecule has 0 saturated heterocycles. The van der Waals surface area contributed by atoms with Crippen molar-refractivity contribution in [1.29, 1.82) is 0 Å². The molecule has 0 amide bonds. The molecule has 0 rings (SSSR count). The molecule has 1 unspecified atom stereocenters. The van der Waals surface area contributed by atoms with Gasteiger partial charge in [0.25, 0.3) is 0 Å². The molecule has 11 heavy (non-hydrogen) atoms. The number of nitrogens with zero attached hydrogens (tertiary/aromatic N) is 1. The van der Waals surface area contributed by atoms with Crippen molar-refractivity contribution in [2.75, 3.05) is 20.1 Å². The summed E-state index contributed by atoms with van der Waals surface area (Å²) in [5, 5.41) is 0. The van der Waals surface area contributed by atoms with Gasteiger partial charge in [0.1, 0.15) is 0 Å². The van der Waals surface area contributed by atoms with E-state index in [1.165, 1.54) is 19.4 Å². The Morgan fingerprint density at radius 1 is 1.45 bits per heavy atom. The Bertz CT molecular complexity index is 83.6. The molecule has 0 aromatic carbocycles. The van der Waals surface area contributed by atoms with Crippen LogP contribution in [0.1, 0.15) is 33.1 Å². The highest BCUT2D eigenvalue weighted by Crippen LogP contribution is 2.01. The van der Waals surface area contributed by atoms with Gasteiger partial charge in [-0.15, -0.1) is 0 Å². The van der Waals surface area contributed by atoms with Gasteiger partial charge in [0.15, 0.2) is 0 Å². The van der Waals surface area contributed by atoms with Crippen LogP contribution in [-0.2, 0) is 0 Å². The lowest BCUT2D eigenvalue weighted by Crippen LogP contribution is -2.31. The Labute approximate surface area is 70.8 Å². The van der Waals surface area contributed by atoms with E-state index in [2.05, 4.69) is 25.8 Å². The highest BCUT2D eigenvalue weighted by molar-refractivity contribution is 4.62. The van der Waals surface area contributed by atoms with E-state index < -0.39 is 0 Å². The standard InChI is InChI=1S/C9H22N2/c1-4-5-8-11(3)9(2)6-7-10/h9H,4-8,10H2,1-3H3. The Hall–Kier alpha value is -0.0800. The van der Waals surface area contributed by atoms with Crippen LogP contribution in [0.2, 0.25) is 0 Å². The summed E-state index contributed by atoms with van der Waals surface area (Å²) in [7, 11) is 2.18. The van der Waals surface area contributed by atoms with Gasteiger partial charge in [0.05, 0.1) is 0 Å². The summed E-state index contributed by atoms with van der Waals surface area (Å²) in [5.74, 6) is 0. The smallest absolute Gasteiger partial charge is 0.00758 e. The van der Waals surface area contributed by atoms with Gasteiger partial charge in [-0.1, -0.05) is 13.3 Å². The molecule has 0 spiro atoms. The lowest BCUT2D eigenvalue weighted by molar-refractivity contribution is 0.245. The largest absolute Gasteiger partial charge is 0.330 e. The first-order valence-corrected chi connectivity index (χ1v) is 4.62. The van der Waals surface area contributed by atoms with Crippen LogP contribution in [0.25, 0.3) is 0 Å². The normalized spacial score (nSPS) is 13.9. The van der Waals surface area contributed by atoms with Crippen LogP contribution in [0.4, 0.5) is 0 Å². The SMILES string of the molecule is CCCCN(C)C(C)CCN. The van der Waals surface area contributed by atoms with Gasteiger partial charge in [-0.25, -0.2) is 0 Å². The summed E-state index contributed by atoms with van der Waals surface area (Å²) in [6, 6.07) is 0.645. The maximum absolute atomic E-state index is 5.47. The molecule has 0 aliphatic rings. The van der Waals surface area contributed by atoms with Gasteiger partial charge < -0.3 is 10.6 Å². The lowest BCUT2D eigenvalue weighted by atomic mass is 10.2. The van der Waals surface area contributed by atoms with Crippen molar-refractivity contribution >= 4 is 0 Å². The van der Waals surface area contributed by atoms with E-state index in [0.29, 0.717) is 6.04 Å². The zero-order chi connectivity index (χ0) is 8.69. The molecular weight excluding hydrogens is 136 g/mol. The van der Waals surface area contributed by atoms with E-state index in [0.717, 1.165) is 13.0 Å². The minimum Gasteiger partial charge on any atom is -0.330 e. The van der Waals surface area contributed by atoms with Crippen LogP contribution >= 0.6 is 0 Å². The van der Waals surface area contributed by atoms with E-state index in [1.54, 1.807) is 0 Å². The fraction of sp³-hybridized carbons (Fsp3) is 1.00. The molecule has 0 heterocycles. The highest BCUT2D eigenvalue weighted by atomic mass is 15.1. The third kappa shape index (κ3) is 5.22. The summed E-state index contributed by atoms with van der Waals surface area (Å²) in [6.45, 7) is 6.47. The quantitative estimate of drug-likeness (QED) is 0.634. The fourth-order valence-electron chi connectivity index (χ4n) is 1.09. The number of nitrogens with two attached hydrogens (primary N) is 1. The first-order valence-electron chi connectivity index (χ1n) is 4.62. The summed E-state index contributed by atoms with van der Waals surface area (Å²) in [5.41, 5.74) is 5.47. The van der Waals surface area contributed by atoms with Crippen molar-refractivity contribution in [1.82, 2.24) is 4.90 Å². The Morgan fingerprint density at radius 2 is 2.09 bits per heavy atom. The van der Waals surface area contributed by atoms with E-state index in [1.807, 2.05) is 0 Å². The van der Waals surface area contributed by atoms with Crippen molar-refractivity contribution in [3.8, 4) is 0 Å². The van der Waals surface area contributed by atoms with Crippen LogP contribution in [0.5, 0.6) is 0 Å². The maximum atomic E-state index is 5.47. The van der Waals surface area contributed by atoms with Crippen LogP contribution in [0.3, 0.4) is 0 Å². The number of hydrogen-bond donors (Lipinski definition) is 1. The minimum absolute atomic E-state index is 0.645. The molecule has 1 atom stereocenters. The number of unbranched alkanes of at least 4 members (excludes halogenated alkanes) is 1. The average Bonchev–Trinajstić information content (AvgIpc) is 2.00. The highest BCUT2D eigenvalue weighted by Gasteiger charge is 2.05. The number of rotatable bonds is 6. The predicted molar refractivity (Wildman–Crippen MR) is 50.7 cm³/mol. The van der Waals surface area contributed by atoms with Crippen molar-refractivity contribution in [2.45, 2.75) is 39.2 Å². The second kappa shape index (κ2) is 6.62. The molecular formula is C9H22N2. The van der Waals surface area contributed by atoms with Gasteiger partial charge in [-0.3, -0.25) is 0 Å². The maximum Gasteiger partial charge on any atom is 0.00758 e. The van der Waals surface area contributed by atoms with Crippen molar-refractivity contribution in [3.63, 3.8) is 0 Å². The van der Waals surface area contributed by atoms with E-state index >= 15 is 0 Å². The molecule has 0 bridgehead atoms. The summed E-state index contributed by atoms with van der Waals surface area (Å²) >= 11 is 0. The fourth-order valence-corrected chi connectivity index (χ4v) is 1.09. The molecule has 2 N–H and O–H groups in total. The molecule has 0 aromatic heterocycles. The van der Waals surface area contributed by atoms with Crippen molar-refractivity contribution in [2.24, 2.45) is 5.73 Å². The second-order valence-electron chi connectivity index (χ2n) is 3.26. The second-order valence-corrected chi connectivity index (χ2v) is 3.26. The molecule has 0 fully saturated rings. The molecule has 68 valence electrons. The summed E-state index contributed by atoms with van der Waals surface area (Å²) in [4.78, 5) is 2.39. The van der Waals surface area contributed by atoms with Crippen LogP contribution in [0.15, 0.2) is 0 Å². The Kier molecular flexibility index (Phi) is 6.57. The van der Waals surface area contributed by atoms with E-state index in [4.69, 9.17) is 5.73 Å². The minimum atomic E-state index is 0.645. The average molecular weight is 158 g/mol.